The Labute approximate surface area is 123 Å². The SMILES string of the molecule is CCCNc1cc(C(=O)NCCc2ncn(C)n2)ccn1. The van der Waals surface area contributed by atoms with E-state index in [1.54, 1.807) is 29.3 Å². The van der Waals surface area contributed by atoms with Gasteiger partial charge in [0.25, 0.3) is 5.91 Å². The average molecular weight is 288 g/mol. The number of hydrogen-bond acceptors (Lipinski definition) is 5. The fourth-order valence-corrected chi connectivity index (χ4v) is 1.81. The third-order valence-corrected chi connectivity index (χ3v) is 2.86. The Morgan fingerprint density at radius 2 is 2.19 bits per heavy atom. The van der Waals surface area contributed by atoms with E-state index in [2.05, 4.69) is 32.6 Å². The van der Waals surface area contributed by atoms with Crippen LogP contribution in [0.4, 0.5) is 5.82 Å². The lowest BCUT2D eigenvalue weighted by Gasteiger charge is -2.07. The van der Waals surface area contributed by atoms with Crippen LogP contribution in [0.15, 0.2) is 24.7 Å². The predicted molar refractivity (Wildman–Crippen MR) is 80.1 cm³/mol. The number of anilines is 1. The van der Waals surface area contributed by atoms with Gasteiger partial charge in [-0.3, -0.25) is 9.48 Å². The van der Waals surface area contributed by atoms with Gasteiger partial charge in [-0.15, -0.1) is 0 Å². The van der Waals surface area contributed by atoms with Crippen molar-refractivity contribution in [3.8, 4) is 0 Å². The summed E-state index contributed by atoms with van der Waals surface area (Å²) >= 11 is 0. The van der Waals surface area contributed by atoms with Crippen LogP contribution in [0.2, 0.25) is 0 Å². The summed E-state index contributed by atoms with van der Waals surface area (Å²) in [5.41, 5.74) is 0.595. The van der Waals surface area contributed by atoms with E-state index in [0.717, 1.165) is 24.6 Å². The Hall–Kier alpha value is -2.44. The van der Waals surface area contributed by atoms with Crippen molar-refractivity contribution >= 4 is 11.7 Å². The van der Waals surface area contributed by atoms with Crippen molar-refractivity contribution in [2.45, 2.75) is 19.8 Å². The Morgan fingerprint density at radius 1 is 1.33 bits per heavy atom. The van der Waals surface area contributed by atoms with Gasteiger partial charge in [0.15, 0.2) is 5.82 Å². The quantitative estimate of drug-likeness (QED) is 0.794. The van der Waals surface area contributed by atoms with Crippen molar-refractivity contribution in [1.82, 2.24) is 25.1 Å². The Balaban J connectivity index is 1.85. The maximum atomic E-state index is 12.1. The first-order valence-electron chi connectivity index (χ1n) is 7.01. The molecular formula is C14H20N6O. The second kappa shape index (κ2) is 7.37. The van der Waals surface area contributed by atoms with Gasteiger partial charge in [-0.1, -0.05) is 6.92 Å². The first kappa shape index (κ1) is 15.0. The molecule has 2 heterocycles. The van der Waals surface area contributed by atoms with Crippen molar-refractivity contribution in [3.63, 3.8) is 0 Å². The summed E-state index contributed by atoms with van der Waals surface area (Å²) in [5.74, 6) is 1.32. The smallest absolute Gasteiger partial charge is 0.251 e. The van der Waals surface area contributed by atoms with Crippen molar-refractivity contribution in [2.75, 3.05) is 18.4 Å². The number of carbonyl (C=O) groups is 1. The van der Waals surface area contributed by atoms with Crippen molar-refractivity contribution in [3.05, 3.63) is 36.0 Å². The molecule has 2 aromatic rings. The van der Waals surface area contributed by atoms with Gasteiger partial charge in [0.2, 0.25) is 0 Å². The van der Waals surface area contributed by atoms with Crippen molar-refractivity contribution in [1.29, 1.82) is 0 Å². The first-order chi connectivity index (χ1) is 10.2. The largest absolute Gasteiger partial charge is 0.370 e. The number of nitrogens with zero attached hydrogens (tertiary/aromatic N) is 4. The molecule has 0 saturated heterocycles. The molecule has 0 unspecified atom stereocenters. The highest BCUT2D eigenvalue weighted by molar-refractivity contribution is 5.94. The number of carbonyl (C=O) groups excluding carboxylic acids is 1. The van der Waals surface area contributed by atoms with E-state index in [9.17, 15) is 4.79 Å². The molecule has 0 atom stereocenters. The molecule has 0 saturated carbocycles. The summed E-state index contributed by atoms with van der Waals surface area (Å²) in [5, 5.41) is 10.2. The molecule has 21 heavy (non-hydrogen) atoms. The molecule has 0 aromatic carbocycles. The highest BCUT2D eigenvalue weighted by Gasteiger charge is 2.07. The van der Waals surface area contributed by atoms with Gasteiger partial charge >= 0.3 is 0 Å². The van der Waals surface area contributed by atoms with Crippen LogP contribution in [0.25, 0.3) is 0 Å². The van der Waals surface area contributed by atoms with E-state index in [4.69, 9.17) is 0 Å². The Kier molecular flexibility index (Phi) is 5.25. The fraction of sp³-hybridized carbons (Fsp3) is 0.429. The maximum absolute atomic E-state index is 12.1. The first-order valence-corrected chi connectivity index (χ1v) is 7.01. The van der Waals surface area contributed by atoms with Crippen LogP contribution in [0, 0.1) is 0 Å². The molecule has 0 spiro atoms. The van der Waals surface area contributed by atoms with Gasteiger partial charge in [0.05, 0.1) is 0 Å². The van der Waals surface area contributed by atoms with E-state index < -0.39 is 0 Å². The molecule has 2 aromatic heterocycles. The molecule has 0 radical (unpaired) electrons. The summed E-state index contributed by atoms with van der Waals surface area (Å²) in [4.78, 5) is 20.3. The van der Waals surface area contributed by atoms with E-state index in [-0.39, 0.29) is 5.91 Å². The minimum Gasteiger partial charge on any atom is -0.370 e. The lowest BCUT2D eigenvalue weighted by molar-refractivity contribution is 0.0954. The standard InChI is InChI=1S/C14H20N6O/c1-3-6-15-13-9-11(4-7-16-13)14(21)17-8-5-12-18-10-20(2)19-12/h4,7,9-10H,3,5-6,8H2,1-2H3,(H,15,16)(H,17,21). The van der Waals surface area contributed by atoms with Gasteiger partial charge in [-0.2, -0.15) is 5.10 Å². The molecule has 0 bridgehead atoms. The third-order valence-electron chi connectivity index (χ3n) is 2.86. The summed E-state index contributed by atoms with van der Waals surface area (Å²) in [7, 11) is 1.82. The molecule has 2 N–H and O–H groups in total. The van der Waals surface area contributed by atoms with Gasteiger partial charge in [-0.05, 0) is 18.6 Å². The van der Waals surface area contributed by atoms with Crippen LogP contribution < -0.4 is 10.6 Å². The number of pyridine rings is 1. The number of amides is 1. The Bertz CT molecular complexity index is 595. The second-order valence-electron chi connectivity index (χ2n) is 4.70. The van der Waals surface area contributed by atoms with Gasteiger partial charge < -0.3 is 10.6 Å². The molecule has 2 rings (SSSR count). The van der Waals surface area contributed by atoms with Crippen LogP contribution in [-0.2, 0) is 13.5 Å². The minimum absolute atomic E-state index is 0.118. The summed E-state index contributed by atoms with van der Waals surface area (Å²) in [6, 6.07) is 3.45. The molecule has 0 fully saturated rings. The minimum atomic E-state index is -0.118. The average Bonchev–Trinajstić information content (AvgIpc) is 2.91. The highest BCUT2D eigenvalue weighted by atomic mass is 16.1. The summed E-state index contributed by atoms with van der Waals surface area (Å²) < 4.78 is 1.64. The number of hydrogen-bond donors (Lipinski definition) is 2. The number of aryl methyl sites for hydroxylation is 1. The molecule has 7 heteroatoms. The van der Waals surface area contributed by atoms with Crippen molar-refractivity contribution in [2.24, 2.45) is 7.05 Å². The molecule has 1 amide bonds. The lowest BCUT2D eigenvalue weighted by Crippen LogP contribution is -2.26. The van der Waals surface area contributed by atoms with Crippen LogP contribution in [0.3, 0.4) is 0 Å². The predicted octanol–water partition coefficient (Wildman–Crippen LogP) is 1.00. The molecule has 7 nitrogen and oxygen atoms in total. The Morgan fingerprint density at radius 3 is 2.90 bits per heavy atom. The lowest BCUT2D eigenvalue weighted by atomic mass is 10.2. The molecule has 0 aliphatic carbocycles. The van der Waals surface area contributed by atoms with E-state index in [0.29, 0.717) is 18.5 Å². The van der Waals surface area contributed by atoms with E-state index in [1.807, 2.05) is 7.05 Å². The molecular weight excluding hydrogens is 268 g/mol. The van der Waals surface area contributed by atoms with Crippen LogP contribution in [0.1, 0.15) is 29.5 Å². The fourth-order valence-electron chi connectivity index (χ4n) is 1.81. The molecule has 112 valence electrons. The van der Waals surface area contributed by atoms with E-state index >= 15 is 0 Å². The van der Waals surface area contributed by atoms with Gasteiger partial charge in [0, 0.05) is 38.3 Å². The topological polar surface area (TPSA) is 84.7 Å². The number of aromatic nitrogens is 4. The van der Waals surface area contributed by atoms with Gasteiger partial charge in [-0.25, -0.2) is 9.97 Å². The molecule has 0 aliphatic rings. The number of nitrogens with one attached hydrogen (secondary N) is 2. The zero-order valence-electron chi connectivity index (χ0n) is 12.3. The van der Waals surface area contributed by atoms with E-state index in [1.165, 1.54) is 0 Å². The van der Waals surface area contributed by atoms with Crippen LogP contribution in [-0.4, -0.2) is 38.7 Å². The van der Waals surface area contributed by atoms with Crippen LogP contribution in [0.5, 0.6) is 0 Å². The van der Waals surface area contributed by atoms with Crippen LogP contribution >= 0.6 is 0 Å². The maximum Gasteiger partial charge on any atom is 0.251 e. The number of rotatable bonds is 7. The third kappa shape index (κ3) is 4.55. The summed E-state index contributed by atoms with van der Waals surface area (Å²) in [6.45, 7) is 3.42. The normalized spacial score (nSPS) is 10.4. The highest BCUT2D eigenvalue weighted by Crippen LogP contribution is 2.06. The van der Waals surface area contributed by atoms with Crippen molar-refractivity contribution < 1.29 is 4.79 Å². The zero-order valence-corrected chi connectivity index (χ0v) is 12.3. The monoisotopic (exact) mass is 288 g/mol. The van der Waals surface area contributed by atoms with Gasteiger partial charge in [0.1, 0.15) is 12.1 Å². The summed E-state index contributed by atoms with van der Waals surface area (Å²) in [6.07, 6.45) is 4.90. The zero-order chi connectivity index (χ0) is 15.1. The molecule has 0 aliphatic heterocycles. The second-order valence-corrected chi connectivity index (χ2v) is 4.70.